The maximum absolute atomic E-state index is 5.61. The Kier molecular flexibility index (Phi) is 4.04. The van der Waals surface area contributed by atoms with Crippen molar-refractivity contribution in [2.75, 3.05) is 33.9 Å². The largest absolute Gasteiger partial charge is 0.493 e. The normalized spacial score (nSPS) is 23.8. The molecule has 0 N–H and O–H groups in total. The number of hydrogen-bond donors (Lipinski definition) is 0. The highest BCUT2D eigenvalue weighted by molar-refractivity contribution is 5.52. The number of benzene rings is 2. The minimum Gasteiger partial charge on any atom is -0.493 e. The predicted molar refractivity (Wildman–Crippen MR) is 100 cm³/mol. The first-order chi connectivity index (χ1) is 12.2. The van der Waals surface area contributed by atoms with Crippen molar-refractivity contribution in [3.05, 3.63) is 71.3 Å². The van der Waals surface area contributed by atoms with E-state index in [1.54, 1.807) is 14.2 Å². The second-order valence-corrected chi connectivity index (χ2v) is 7.14. The molecule has 4 rings (SSSR count). The molecule has 2 aromatic carbocycles. The van der Waals surface area contributed by atoms with E-state index in [1.807, 2.05) is 0 Å². The number of hydrogen-bond acceptors (Lipinski definition) is 2. The lowest BCUT2D eigenvalue weighted by molar-refractivity contribution is -0.950. The van der Waals surface area contributed by atoms with Crippen LogP contribution in [0.15, 0.2) is 49.1 Å². The van der Waals surface area contributed by atoms with Crippen LogP contribution in [0.3, 0.4) is 0 Å². The molecular weight excluding hydrogens is 310 g/mol. The number of ether oxygens (including phenoxy) is 2. The molecule has 3 heteroatoms. The van der Waals surface area contributed by atoms with Gasteiger partial charge in [-0.25, -0.2) is 0 Å². The van der Waals surface area contributed by atoms with Crippen LogP contribution in [0.5, 0.6) is 11.5 Å². The van der Waals surface area contributed by atoms with E-state index in [4.69, 9.17) is 9.47 Å². The summed E-state index contributed by atoms with van der Waals surface area (Å²) in [7, 11) is 3.43. The molecule has 0 radical (unpaired) electrons. The maximum atomic E-state index is 5.61. The number of quaternary nitrogens is 1. The summed E-state index contributed by atoms with van der Waals surface area (Å²) < 4.78 is 12.2. The van der Waals surface area contributed by atoms with E-state index < -0.39 is 0 Å². The van der Waals surface area contributed by atoms with E-state index in [0.717, 1.165) is 41.9 Å². The highest BCUT2D eigenvalue weighted by Crippen LogP contribution is 2.47. The molecule has 3 nitrogen and oxygen atoms in total. The Labute approximate surface area is 150 Å². The number of methoxy groups -OCH3 is 2. The predicted octanol–water partition coefficient (Wildman–Crippen LogP) is 3.91. The van der Waals surface area contributed by atoms with Crippen LogP contribution in [0.25, 0.3) is 0 Å². The van der Waals surface area contributed by atoms with Crippen LogP contribution in [-0.2, 0) is 12.8 Å². The number of nitrogens with zero attached hydrogens (tertiary/aromatic N) is 1. The number of rotatable bonds is 4. The SMILES string of the molecule is C=CC[N+]12CCc3ccccc3C1c1cc(OC)c(OC)cc1CC2. The van der Waals surface area contributed by atoms with Crippen LogP contribution in [0.2, 0.25) is 0 Å². The van der Waals surface area contributed by atoms with Crippen molar-refractivity contribution < 1.29 is 14.0 Å². The summed E-state index contributed by atoms with van der Waals surface area (Å²) in [5.41, 5.74) is 5.71. The summed E-state index contributed by atoms with van der Waals surface area (Å²) in [6, 6.07) is 13.6. The molecule has 2 aliphatic heterocycles. The molecule has 2 heterocycles. The van der Waals surface area contributed by atoms with Gasteiger partial charge >= 0.3 is 0 Å². The molecule has 0 bridgehead atoms. The number of fused-ring (bicyclic) bond motifs is 5. The van der Waals surface area contributed by atoms with Gasteiger partial charge in [0.15, 0.2) is 11.5 Å². The third-order valence-electron chi connectivity index (χ3n) is 5.98. The summed E-state index contributed by atoms with van der Waals surface area (Å²) in [5.74, 6) is 1.65. The van der Waals surface area contributed by atoms with Crippen LogP contribution in [0, 0.1) is 0 Å². The van der Waals surface area contributed by atoms with Crippen LogP contribution in [0.1, 0.15) is 28.3 Å². The fourth-order valence-electron chi connectivity index (χ4n) is 4.80. The first-order valence-corrected chi connectivity index (χ1v) is 9.01. The van der Waals surface area contributed by atoms with Gasteiger partial charge in [0, 0.05) is 24.0 Å². The molecular formula is C22H26NO2+. The Morgan fingerprint density at radius 1 is 1.00 bits per heavy atom. The zero-order chi connectivity index (χ0) is 17.4. The van der Waals surface area contributed by atoms with Gasteiger partial charge in [0.2, 0.25) is 0 Å². The summed E-state index contributed by atoms with van der Waals surface area (Å²) in [4.78, 5) is 0. The van der Waals surface area contributed by atoms with Crippen LogP contribution in [0.4, 0.5) is 0 Å². The van der Waals surface area contributed by atoms with Crippen LogP contribution < -0.4 is 9.47 Å². The molecule has 0 fully saturated rings. The fraction of sp³-hybridized carbons (Fsp3) is 0.364. The van der Waals surface area contributed by atoms with Crippen molar-refractivity contribution in [3.63, 3.8) is 0 Å². The van der Waals surface area contributed by atoms with E-state index in [2.05, 4.69) is 49.1 Å². The maximum Gasteiger partial charge on any atom is 0.161 e. The van der Waals surface area contributed by atoms with Crippen molar-refractivity contribution in [1.29, 1.82) is 0 Å². The topological polar surface area (TPSA) is 18.5 Å². The molecule has 0 aromatic heterocycles. The van der Waals surface area contributed by atoms with Gasteiger partial charge in [0.25, 0.3) is 0 Å². The summed E-state index contributed by atoms with van der Waals surface area (Å²) >= 11 is 0. The molecule has 0 spiro atoms. The molecule has 2 aromatic rings. The Balaban J connectivity index is 1.94. The van der Waals surface area contributed by atoms with Gasteiger partial charge in [0.05, 0.1) is 33.9 Å². The molecule has 0 aliphatic carbocycles. The van der Waals surface area contributed by atoms with Crippen molar-refractivity contribution in [1.82, 2.24) is 0 Å². The molecule has 2 atom stereocenters. The van der Waals surface area contributed by atoms with Crippen molar-refractivity contribution in [3.8, 4) is 11.5 Å². The Morgan fingerprint density at radius 3 is 2.40 bits per heavy atom. The Morgan fingerprint density at radius 2 is 1.68 bits per heavy atom. The second-order valence-electron chi connectivity index (χ2n) is 7.14. The van der Waals surface area contributed by atoms with Gasteiger partial charge in [-0.15, -0.1) is 0 Å². The van der Waals surface area contributed by atoms with Crippen molar-refractivity contribution >= 4 is 0 Å². The van der Waals surface area contributed by atoms with Crippen LogP contribution >= 0.6 is 0 Å². The second kappa shape index (κ2) is 6.23. The summed E-state index contributed by atoms with van der Waals surface area (Å²) in [6.07, 6.45) is 4.30. The third-order valence-corrected chi connectivity index (χ3v) is 5.98. The van der Waals surface area contributed by atoms with Crippen LogP contribution in [-0.4, -0.2) is 38.3 Å². The van der Waals surface area contributed by atoms with Crippen molar-refractivity contribution in [2.24, 2.45) is 0 Å². The van der Waals surface area contributed by atoms with E-state index in [9.17, 15) is 0 Å². The van der Waals surface area contributed by atoms with E-state index in [0.29, 0.717) is 6.04 Å². The minimum absolute atomic E-state index is 0.353. The van der Waals surface area contributed by atoms with Gasteiger partial charge < -0.3 is 14.0 Å². The molecule has 130 valence electrons. The lowest BCUT2D eigenvalue weighted by Crippen LogP contribution is -2.57. The third kappa shape index (κ3) is 2.46. The highest BCUT2D eigenvalue weighted by Gasteiger charge is 2.46. The van der Waals surface area contributed by atoms with E-state index in [-0.39, 0.29) is 0 Å². The fourth-order valence-corrected chi connectivity index (χ4v) is 4.80. The molecule has 25 heavy (non-hydrogen) atoms. The molecule has 2 unspecified atom stereocenters. The average molecular weight is 336 g/mol. The first-order valence-electron chi connectivity index (χ1n) is 9.01. The van der Waals surface area contributed by atoms with E-state index >= 15 is 0 Å². The van der Waals surface area contributed by atoms with E-state index in [1.165, 1.54) is 28.8 Å². The quantitative estimate of drug-likeness (QED) is 0.622. The average Bonchev–Trinajstić information content (AvgIpc) is 2.66. The highest BCUT2D eigenvalue weighted by atomic mass is 16.5. The lowest BCUT2D eigenvalue weighted by atomic mass is 9.80. The van der Waals surface area contributed by atoms with Gasteiger partial charge in [-0.05, 0) is 29.3 Å². The van der Waals surface area contributed by atoms with Gasteiger partial charge in [-0.2, -0.15) is 0 Å². The zero-order valence-electron chi connectivity index (χ0n) is 15.1. The lowest BCUT2D eigenvalue weighted by Gasteiger charge is -2.51. The van der Waals surface area contributed by atoms with Gasteiger partial charge in [-0.3, -0.25) is 0 Å². The minimum atomic E-state index is 0.353. The molecule has 0 saturated heterocycles. The Hall–Kier alpha value is -2.26. The molecule has 0 amide bonds. The smallest absolute Gasteiger partial charge is 0.161 e. The van der Waals surface area contributed by atoms with Crippen molar-refractivity contribution in [2.45, 2.75) is 18.9 Å². The first kappa shape index (κ1) is 16.2. The zero-order valence-corrected chi connectivity index (χ0v) is 15.1. The molecule has 0 saturated carbocycles. The van der Waals surface area contributed by atoms with Gasteiger partial charge in [0.1, 0.15) is 6.04 Å². The monoisotopic (exact) mass is 336 g/mol. The molecule has 2 aliphatic rings. The standard InChI is InChI=1S/C22H26NO2/c1-4-11-23-12-9-16-7-5-6-8-18(16)22(23)19-15-21(25-3)20(24-2)14-17(19)10-13-23/h4-8,14-15,22H,1,9-13H2,2-3H3/q+1. The Bertz CT molecular complexity index is 814. The summed E-state index contributed by atoms with van der Waals surface area (Å²) in [6.45, 7) is 7.37. The summed E-state index contributed by atoms with van der Waals surface area (Å²) in [5, 5.41) is 0. The van der Waals surface area contributed by atoms with Gasteiger partial charge in [-0.1, -0.05) is 30.8 Å².